The van der Waals surface area contributed by atoms with Gasteiger partial charge in [-0.05, 0) is 48.6 Å². The molecule has 242 valence electrons. The third-order valence-electron chi connectivity index (χ3n) is 7.96. The van der Waals surface area contributed by atoms with Crippen LogP contribution in [0.15, 0.2) is 71.6 Å². The Labute approximate surface area is 279 Å². The molecule has 0 radical (unpaired) electrons. The Morgan fingerprint density at radius 2 is 1.68 bits per heavy atom. The molecule has 47 heavy (non-hydrogen) atoms. The van der Waals surface area contributed by atoms with Crippen LogP contribution < -0.4 is 16.0 Å². The van der Waals surface area contributed by atoms with Gasteiger partial charge in [0.15, 0.2) is 0 Å². The molecule has 11 nitrogen and oxygen atoms in total. The SMILES string of the molecule is CC(C)[C@@H]1NC(=O)c2csc(n2)[C@H](Cc2ccccc2)NC(=O)CN(C(=O)c2ccc3[nH]ccc3c2)CCCNC(=O)c2csc1n2. The molecule has 4 N–H and O–H groups in total. The summed E-state index contributed by atoms with van der Waals surface area (Å²) >= 11 is 2.61. The van der Waals surface area contributed by atoms with E-state index in [1.165, 1.54) is 27.6 Å². The summed E-state index contributed by atoms with van der Waals surface area (Å²) in [6.07, 6.45) is 2.67. The van der Waals surface area contributed by atoms with Crippen LogP contribution in [-0.2, 0) is 11.2 Å². The van der Waals surface area contributed by atoms with Gasteiger partial charge in [-0.25, -0.2) is 9.97 Å². The van der Waals surface area contributed by atoms with Crippen LogP contribution in [0, 0.1) is 5.92 Å². The van der Waals surface area contributed by atoms with Crippen molar-refractivity contribution in [1.82, 2.24) is 35.8 Å². The number of carbonyl (C=O) groups excluding carboxylic acids is 4. The first kappa shape index (κ1) is 32.1. The fraction of sp³-hybridized carbons (Fsp3) is 0.294. The highest BCUT2D eigenvalue weighted by Crippen LogP contribution is 2.27. The molecule has 0 fully saturated rings. The summed E-state index contributed by atoms with van der Waals surface area (Å²) in [5.74, 6) is -1.37. The van der Waals surface area contributed by atoms with E-state index in [-0.39, 0.29) is 60.6 Å². The van der Waals surface area contributed by atoms with Gasteiger partial charge in [0, 0.05) is 46.5 Å². The highest BCUT2D eigenvalue weighted by molar-refractivity contribution is 7.10. The number of H-pyrrole nitrogens is 1. The van der Waals surface area contributed by atoms with Crippen LogP contribution in [0.1, 0.15) is 79.3 Å². The summed E-state index contributed by atoms with van der Waals surface area (Å²) in [5.41, 5.74) is 2.84. The van der Waals surface area contributed by atoms with Crippen molar-refractivity contribution < 1.29 is 19.2 Å². The number of amides is 4. The molecule has 1 aliphatic heterocycles. The lowest BCUT2D eigenvalue weighted by Crippen LogP contribution is -2.43. The second-order valence-electron chi connectivity index (χ2n) is 11.8. The van der Waals surface area contributed by atoms with Crippen molar-refractivity contribution in [3.63, 3.8) is 0 Å². The molecule has 6 rings (SSSR count). The van der Waals surface area contributed by atoms with Gasteiger partial charge in [-0.15, -0.1) is 22.7 Å². The van der Waals surface area contributed by atoms with Gasteiger partial charge < -0.3 is 25.8 Å². The molecular formula is C34H35N7O4S2. The number of fused-ring (bicyclic) bond motifs is 5. The predicted octanol–water partition coefficient (Wildman–Crippen LogP) is 4.88. The predicted molar refractivity (Wildman–Crippen MR) is 181 cm³/mol. The molecule has 2 atom stereocenters. The molecule has 4 amide bonds. The zero-order valence-electron chi connectivity index (χ0n) is 26.0. The van der Waals surface area contributed by atoms with Crippen LogP contribution in [0.2, 0.25) is 0 Å². The zero-order valence-corrected chi connectivity index (χ0v) is 27.6. The lowest BCUT2D eigenvalue weighted by Gasteiger charge is -2.24. The highest BCUT2D eigenvalue weighted by Gasteiger charge is 2.27. The van der Waals surface area contributed by atoms with Crippen LogP contribution in [0.3, 0.4) is 0 Å². The van der Waals surface area contributed by atoms with Gasteiger partial charge >= 0.3 is 0 Å². The van der Waals surface area contributed by atoms with E-state index in [1.807, 2.05) is 62.5 Å². The molecule has 4 heterocycles. The van der Waals surface area contributed by atoms with Crippen LogP contribution >= 0.6 is 22.7 Å². The third-order valence-corrected chi connectivity index (χ3v) is 9.84. The van der Waals surface area contributed by atoms with Crippen molar-refractivity contribution in [2.45, 2.75) is 38.8 Å². The van der Waals surface area contributed by atoms with Crippen molar-refractivity contribution in [2.24, 2.45) is 5.92 Å². The Hall–Kier alpha value is -4.88. The van der Waals surface area contributed by atoms with E-state index in [9.17, 15) is 19.2 Å². The van der Waals surface area contributed by atoms with Crippen LogP contribution in [0.5, 0.6) is 0 Å². The minimum absolute atomic E-state index is 0.000167. The number of benzene rings is 2. The van der Waals surface area contributed by atoms with Gasteiger partial charge in [-0.1, -0.05) is 44.2 Å². The summed E-state index contributed by atoms with van der Waals surface area (Å²) in [7, 11) is 0. The van der Waals surface area contributed by atoms with Gasteiger partial charge in [0.1, 0.15) is 21.4 Å². The minimum Gasteiger partial charge on any atom is -0.361 e. The number of aromatic nitrogens is 3. The van der Waals surface area contributed by atoms with E-state index >= 15 is 0 Å². The van der Waals surface area contributed by atoms with E-state index in [2.05, 4.69) is 30.9 Å². The smallest absolute Gasteiger partial charge is 0.271 e. The van der Waals surface area contributed by atoms with E-state index in [0.717, 1.165) is 16.5 Å². The number of rotatable bonds is 4. The standard InChI is InChI=1S/C34H35N7O4S2/c1-20(2)29-33-39-26(18-47-33)30(43)36-12-6-14-41(34(45)23-9-10-24-22(16-23)11-13-35-24)17-28(42)37-25(15-21-7-4-3-5-8-21)32-38-27(19-46-32)31(44)40-29/h3-5,7-11,13,16,18-20,25,29,35H,6,12,14-15,17H2,1-2H3,(H,36,43)(H,37,42)(H,40,44)/t25-,29-/m0/s1. The molecule has 1 aliphatic rings. The number of thiazole rings is 2. The van der Waals surface area contributed by atoms with Crippen molar-refractivity contribution in [2.75, 3.05) is 19.6 Å². The van der Waals surface area contributed by atoms with Gasteiger partial charge in [0.05, 0.1) is 18.6 Å². The van der Waals surface area contributed by atoms with Crippen molar-refractivity contribution in [3.05, 3.63) is 104 Å². The summed E-state index contributed by atoms with van der Waals surface area (Å²) in [6.45, 7) is 4.26. The molecule has 2 aromatic carbocycles. The molecular weight excluding hydrogens is 635 g/mol. The summed E-state index contributed by atoms with van der Waals surface area (Å²) in [5, 5.41) is 14.4. The molecule has 0 aliphatic carbocycles. The van der Waals surface area contributed by atoms with Crippen LogP contribution in [0.4, 0.5) is 0 Å². The Balaban J connectivity index is 1.32. The molecule has 13 heteroatoms. The Morgan fingerprint density at radius 1 is 0.936 bits per heavy atom. The zero-order chi connectivity index (χ0) is 32.9. The number of aromatic amines is 1. The largest absolute Gasteiger partial charge is 0.361 e. The quantitative estimate of drug-likeness (QED) is 0.214. The number of carbonyl (C=O) groups is 4. The molecule has 4 bridgehead atoms. The maximum atomic E-state index is 13.8. The van der Waals surface area contributed by atoms with Crippen molar-refractivity contribution >= 4 is 57.2 Å². The number of hydrogen-bond donors (Lipinski definition) is 4. The molecule has 5 aromatic rings. The van der Waals surface area contributed by atoms with Gasteiger partial charge in [0.25, 0.3) is 17.7 Å². The average molecular weight is 670 g/mol. The van der Waals surface area contributed by atoms with E-state index in [0.29, 0.717) is 28.4 Å². The third kappa shape index (κ3) is 7.58. The fourth-order valence-electron chi connectivity index (χ4n) is 5.46. The molecule has 0 spiro atoms. The van der Waals surface area contributed by atoms with Gasteiger partial charge in [-0.2, -0.15) is 0 Å². The molecule has 0 saturated heterocycles. The fourth-order valence-corrected chi connectivity index (χ4v) is 7.33. The van der Waals surface area contributed by atoms with Crippen LogP contribution in [-0.4, -0.2) is 63.1 Å². The lowest BCUT2D eigenvalue weighted by atomic mass is 10.0. The minimum atomic E-state index is -0.534. The first-order valence-corrected chi connectivity index (χ1v) is 17.2. The average Bonchev–Trinajstić information content (AvgIpc) is 3.85. The molecule has 0 unspecified atom stereocenters. The van der Waals surface area contributed by atoms with Crippen LogP contribution in [0.25, 0.3) is 10.9 Å². The number of nitrogens with zero attached hydrogens (tertiary/aromatic N) is 3. The van der Waals surface area contributed by atoms with E-state index in [1.54, 1.807) is 22.9 Å². The van der Waals surface area contributed by atoms with E-state index < -0.39 is 12.1 Å². The summed E-state index contributed by atoms with van der Waals surface area (Å²) < 4.78 is 0. The summed E-state index contributed by atoms with van der Waals surface area (Å²) in [6, 6.07) is 16.0. The topological polar surface area (TPSA) is 149 Å². The monoisotopic (exact) mass is 669 g/mol. The number of hydrogen-bond acceptors (Lipinski definition) is 8. The highest BCUT2D eigenvalue weighted by atomic mass is 32.1. The van der Waals surface area contributed by atoms with Crippen molar-refractivity contribution in [1.29, 1.82) is 0 Å². The van der Waals surface area contributed by atoms with Crippen molar-refractivity contribution in [3.8, 4) is 0 Å². The number of nitrogens with one attached hydrogen (secondary N) is 4. The molecule has 0 saturated carbocycles. The first-order valence-electron chi connectivity index (χ1n) is 15.4. The Bertz CT molecular complexity index is 1900. The van der Waals surface area contributed by atoms with Gasteiger partial charge in [0.2, 0.25) is 5.91 Å². The maximum Gasteiger partial charge on any atom is 0.271 e. The lowest BCUT2D eigenvalue weighted by molar-refractivity contribution is -0.122. The van der Waals surface area contributed by atoms with Gasteiger partial charge in [-0.3, -0.25) is 19.2 Å². The Kier molecular flexibility index (Phi) is 9.73. The molecule has 3 aromatic heterocycles. The second kappa shape index (κ2) is 14.3. The normalized spacial score (nSPS) is 18.2. The van der Waals surface area contributed by atoms with E-state index in [4.69, 9.17) is 0 Å². The maximum absolute atomic E-state index is 13.8. The Morgan fingerprint density at radius 3 is 2.47 bits per heavy atom. The second-order valence-corrected chi connectivity index (χ2v) is 13.5. The summed E-state index contributed by atoms with van der Waals surface area (Å²) in [4.78, 5) is 67.7. The first-order chi connectivity index (χ1) is 22.7.